The second-order valence-corrected chi connectivity index (χ2v) is 3.43. The molecule has 0 spiro atoms. The van der Waals surface area contributed by atoms with E-state index >= 15 is 0 Å². The van der Waals surface area contributed by atoms with Gasteiger partial charge in [-0.2, -0.15) is 0 Å². The molecule has 3 N–H and O–H groups in total. The molecule has 0 aliphatic heterocycles. The minimum atomic E-state index is 0.301. The molecule has 1 heterocycles. The van der Waals surface area contributed by atoms with Crippen LogP contribution in [0, 0.1) is 0 Å². The summed E-state index contributed by atoms with van der Waals surface area (Å²) in [6, 6.07) is 0. The maximum atomic E-state index is 5.80. The van der Waals surface area contributed by atoms with Gasteiger partial charge in [0.2, 0.25) is 0 Å². The maximum absolute atomic E-state index is 5.80. The number of aromatic nitrogens is 2. The first-order valence-corrected chi connectivity index (χ1v) is 5.40. The summed E-state index contributed by atoms with van der Waals surface area (Å²) < 4.78 is 0. The van der Waals surface area contributed by atoms with Crippen molar-refractivity contribution in [3.8, 4) is 0 Å². The average Bonchev–Trinajstić information content (AvgIpc) is 2.13. The van der Waals surface area contributed by atoms with Gasteiger partial charge in [-0.3, -0.25) is 0 Å². The van der Waals surface area contributed by atoms with Crippen LogP contribution in [0.15, 0.2) is 5.16 Å². The van der Waals surface area contributed by atoms with Gasteiger partial charge in [0.25, 0.3) is 0 Å². The third-order valence-corrected chi connectivity index (χ3v) is 2.24. The Balaban J connectivity index is 3.09. The van der Waals surface area contributed by atoms with E-state index in [1.54, 1.807) is 0 Å². The summed E-state index contributed by atoms with van der Waals surface area (Å²) >= 11 is 7.23. The number of hydrogen-bond acceptors (Lipinski definition) is 5. The number of nitrogens with two attached hydrogens (primary N) is 1. The van der Waals surface area contributed by atoms with Crippen molar-refractivity contribution in [1.29, 1.82) is 0 Å². The van der Waals surface area contributed by atoms with E-state index in [4.69, 9.17) is 17.3 Å². The molecule has 0 radical (unpaired) electrons. The van der Waals surface area contributed by atoms with Crippen LogP contribution in [0.25, 0.3) is 0 Å². The lowest BCUT2D eigenvalue weighted by Crippen LogP contribution is -2.06. The minimum absolute atomic E-state index is 0.301. The Kier molecular flexibility index (Phi) is 3.62. The zero-order valence-corrected chi connectivity index (χ0v) is 9.04. The SMILES string of the molecule is CCNc1nc(SC)nc(Cl)c1N. The summed E-state index contributed by atoms with van der Waals surface area (Å²) in [6.07, 6.45) is 1.89. The zero-order chi connectivity index (χ0) is 9.84. The molecule has 1 rings (SSSR count). The smallest absolute Gasteiger partial charge is 0.190 e. The number of anilines is 2. The van der Waals surface area contributed by atoms with E-state index in [-0.39, 0.29) is 0 Å². The molecule has 72 valence electrons. The van der Waals surface area contributed by atoms with Crippen LogP contribution in [0.3, 0.4) is 0 Å². The number of thioether (sulfide) groups is 1. The highest BCUT2D eigenvalue weighted by atomic mass is 35.5. The molecule has 0 saturated heterocycles. The van der Waals surface area contributed by atoms with Gasteiger partial charge in [0, 0.05) is 6.54 Å². The van der Waals surface area contributed by atoms with Crippen molar-refractivity contribution in [1.82, 2.24) is 9.97 Å². The molecule has 1 aromatic heterocycles. The third kappa shape index (κ3) is 2.38. The van der Waals surface area contributed by atoms with Crippen LogP contribution < -0.4 is 11.1 Å². The van der Waals surface area contributed by atoms with Crippen molar-refractivity contribution in [2.45, 2.75) is 12.1 Å². The van der Waals surface area contributed by atoms with Crippen LogP contribution in [0.2, 0.25) is 5.15 Å². The molecule has 6 heteroatoms. The quantitative estimate of drug-likeness (QED) is 0.461. The van der Waals surface area contributed by atoms with E-state index in [2.05, 4.69) is 15.3 Å². The van der Waals surface area contributed by atoms with Crippen LogP contribution >= 0.6 is 23.4 Å². The Morgan fingerprint density at radius 1 is 1.54 bits per heavy atom. The zero-order valence-electron chi connectivity index (χ0n) is 7.47. The van der Waals surface area contributed by atoms with Crippen LogP contribution in [0.1, 0.15) is 6.92 Å². The van der Waals surface area contributed by atoms with Gasteiger partial charge in [0.1, 0.15) is 5.69 Å². The lowest BCUT2D eigenvalue weighted by atomic mass is 10.5. The summed E-state index contributed by atoms with van der Waals surface area (Å²) in [5.41, 5.74) is 6.07. The van der Waals surface area contributed by atoms with Crippen molar-refractivity contribution in [2.24, 2.45) is 0 Å². The highest BCUT2D eigenvalue weighted by Gasteiger charge is 2.08. The molecule has 1 aromatic rings. The number of halogens is 1. The Bertz CT molecular complexity index is 305. The molecule has 0 fully saturated rings. The molecule has 0 unspecified atom stereocenters. The lowest BCUT2D eigenvalue weighted by Gasteiger charge is -2.07. The normalized spacial score (nSPS) is 10.1. The molecule has 0 aliphatic carbocycles. The standard InChI is InChI=1S/C7H11ClN4S/c1-3-10-6-4(9)5(8)11-7(12-6)13-2/h3,9H2,1-2H3,(H,10,11,12). The number of nitrogen functional groups attached to an aromatic ring is 1. The Labute approximate surface area is 86.3 Å². The third-order valence-electron chi connectivity index (χ3n) is 1.41. The molecule has 4 nitrogen and oxygen atoms in total. The Morgan fingerprint density at radius 2 is 2.23 bits per heavy atom. The van der Waals surface area contributed by atoms with Gasteiger partial charge in [0.15, 0.2) is 16.1 Å². The fourth-order valence-electron chi connectivity index (χ4n) is 0.816. The topological polar surface area (TPSA) is 63.8 Å². The second kappa shape index (κ2) is 4.53. The van der Waals surface area contributed by atoms with Gasteiger partial charge in [-0.1, -0.05) is 23.4 Å². The highest BCUT2D eigenvalue weighted by Crippen LogP contribution is 2.25. The summed E-state index contributed by atoms with van der Waals surface area (Å²) in [6.45, 7) is 2.72. The van der Waals surface area contributed by atoms with Crippen LogP contribution in [0.4, 0.5) is 11.5 Å². The van der Waals surface area contributed by atoms with Crippen molar-refractivity contribution >= 4 is 34.9 Å². The molecule has 0 aromatic carbocycles. The van der Waals surface area contributed by atoms with Gasteiger partial charge in [-0.05, 0) is 13.2 Å². The Morgan fingerprint density at radius 3 is 2.77 bits per heavy atom. The summed E-state index contributed by atoms with van der Waals surface area (Å²) in [4.78, 5) is 8.16. The molecule has 0 aliphatic rings. The van der Waals surface area contributed by atoms with Gasteiger partial charge >= 0.3 is 0 Å². The fraction of sp³-hybridized carbons (Fsp3) is 0.429. The van der Waals surface area contributed by atoms with Crippen LogP contribution in [-0.2, 0) is 0 Å². The van der Waals surface area contributed by atoms with Gasteiger partial charge in [-0.15, -0.1) is 0 Å². The molecular formula is C7H11ClN4S. The van der Waals surface area contributed by atoms with E-state index in [0.717, 1.165) is 6.54 Å². The molecule has 0 amide bonds. The summed E-state index contributed by atoms with van der Waals surface area (Å²) in [5, 5.41) is 3.94. The van der Waals surface area contributed by atoms with Gasteiger partial charge in [-0.25, -0.2) is 9.97 Å². The highest BCUT2D eigenvalue weighted by molar-refractivity contribution is 7.98. The molecule has 0 bridgehead atoms. The summed E-state index contributed by atoms with van der Waals surface area (Å²) in [7, 11) is 0. The number of nitrogens with one attached hydrogen (secondary N) is 1. The predicted octanol–water partition coefficient (Wildman–Crippen LogP) is 1.87. The monoisotopic (exact) mass is 218 g/mol. The second-order valence-electron chi connectivity index (χ2n) is 2.29. The first kappa shape index (κ1) is 10.4. The predicted molar refractivity (Wildman–Crippen MR) is 57.4 cm³/mol. The minimum Gasteiger partial charge on any atom is -0.393 e. The van der Waals surface area contributed by atoms with Gasteiger partial charge < -0.3 is 11.1 Å². The molecule has 0 saturated carbocycles. The molecule has 0 atom stereocenters. The van der Waals surface area contributed by atoms with E-state index in [1.807, 2.05) is 13.2 Å². The maximum Gasteiger partial charge on any atom is 0.190 e. The van der Waals surface area contributed by atoms with Crippen molar-refractivity contribution in [3.63, 3.8) is 0 Å². The number of rotatable bonds is 3. The van der Waals surface area contributed by atoms with Gasteiger partial charge in [0.05, 0.1) is 0 Å². The first-order valence-electron chi connectivity index (χ1n) is 3.80. The van der Waals surface area contributed by atoms with E-state index < -0.39 is 0 Å². The van der Waals surface area contributed by atoms with E-state index in [9.17, 15) is 0 Å². The van der Waals surface area contributed by atoms with E-state index in [0.29, 0.717) is 21.8 Å². The first-order chi connectivity index (χ1) is 6.19. The Hall–Kier alpha value is -0.680. The number of nitrogens with zero attached hydrogens (tertiary/aromatic N) is 2. The van der Waals surface area contributed by atoms with Crippen molar-refractivity contribution in [3.05, 3.63) is 5.15 Å². The van der Waals surface area contributed by atoms with Crippen molar-refractivity contribution in [2.75, 3.05) is 23.9 Å². The van der Waals surface area contributed by atoms with E-state index in [1.165, 1.54) is 11.8 Å². The van der Waals surface area contributed by atoms with Crippen LogP contribution in [0.5, 0.6) is 0 Å². The largest absolute Gasteiger partial charge is 0.393 e. The lowest BCUT2D eigenvalue weighted by molar-refractivity contribution is 0.967. The average molecular weight is 219 g/mol. The number of hydrogen-bond donors (Lipinski definition) is 2. The fourth-order valence-corrected chi connectivity index (χ4v) is 1.40. The summed E-state index contributed by atoms with van der Waals surface area (Å²) in [5.74, 6) is 0.604. The van der Waals surface area contributed by atoms with Crippen molar-refractivity contribution < 1.29 is 0 Å². The molecular weight excluding hydrogens is 208 g/mol. The van der Waals surface area contributed by atoms with Crippen LogP contribution in [-0.4, -0.2) is 22.8 Å². The molecule has 13 heavy (non-hydrogen) atoms.